The molecule has 0 atom stereocenters. The van der Waals surface area contributed by atoms with Crippen molar-refractivity contribution in [3.8, 4) is 23.7 Å². The van der Waals surface area contributed by atoms with Crippen LogP contribution in [0.25, 0.3) is 5.57 Å². The van der Waals surface area contributed by atoms with Gasteiger partial charge in [0.15, 0.2) is 5.88 Å². The number of aromatic amines is 1. The average Bonchev–Trinajstić information content (AvgIpc) is 3.90. The Morgan fingerprint density at radius 3 is 2.00 bits per heavy atom. The van der Waals surface area contributed by atoms with Gasteiger partial charge in [-0.1, -0.05) is 82.9 Å². The van der Waals surface area contributed by atoms with E-state index in [0.717, 1.165) is 66.6 Å². The standard InChI is InChI=1S/C40H41N5O2/c1-40(2,3)29-20-18-28(19-21-29)36(37-30(26-12-4-5-13-26)24-34(44-37)46-32-16-8-10-22-42-32)38-35(27-14-6-7-15-27)31(25-41)39(45-38)47-33-17-9-11-23-43-33/h8-11,16-24,26-27,44H,4-7,12-15H2,1-3H3/b38-36-. The molecule has 47 heavy (non-hydrogen) atoms. The van der Waals surface area contributed by atoms with Crippen molar-refractivity contribution in [3.05, 3.63) is 118 Å². The van der Waals surface area contributed by atoms with Gasteiger partial charge in [0.2, 0.25) is 17.7 Å². The van der Waals surface area contributed by atoms with E-state index in [1.165, 1.54) is 24.0 Å². The van der Waals surface area contributed by atoms with Crippen LogP contribution in [0.2, 0.25) is 0 Å². The highest BCUT2D eigenvalue weighted by molar-refractivity contribution is 6.06. The molecule has 238 valence electrons. The third-order valence-electron chi connectivity index (χ3n) is 9.66. The maximum absolute atomic E-state index is 10.7. The second-order valence-corrected chi connectivity index (χ2v) is 13.8. The van der Waals surface area contributed by atoms with Crippen LogP contribution < -0.4 is 9.47 Å². The third kappa shape index (κ3) is 6.38. The second kappa shape index (κ2) is 13.0. The number of ether oxygens (including phenoxy) is 2. The predicted octanol–water partition coefficient (Wildman–Crippen LogP) is 9.81. The molecular weight excluding hydrogens is 582 g/mol. The topological polar surface area (TPSA) is 96.2 Å². The van der Waals surface area contributed by atoms with Crippen LogP contribution in [0.3, 0.4) is 0 Å². The van der Waals surface area contributed by atoms with Gasteiger partial charge in [-0.05, 0) is 71.8 Å². The van der Waals surface area contributed by atoms with E-state index in [1.54, 1.807) is 18.5 Å². The third-order valence-corrected chi connectivity index (χ3v) is 9.66. The molecule has 1 aromatic carbocycles. The number of benzene rings is 1. The van der Waals surface area contributed by atoms with Crippen molar-refractivity contribution in [3.63, 3.8) is 0 Å². The first kappa shape index (κ1) is 30.7. The Bertz CT molecular complexity index is 1860. The fourth-order valence-electron chi connectivity index (χ4n) is 7.26. The summed E-state index contributed by atoms with van der Waals surface area (Å²) in [5.74, 6) is 2.50. The SMILES string of the molecule is CC(C)(C)c1ccc(/C(=C2/N=C(Oc3ccccn3)C(C#N)=C2C2CCCC2)c2[nH]c(Oc3ccccn3)cc2C2CCCC2)cc1. The number of hydrogen-bond donors (Lipinski definition) is 1. The van der Waals surface area contributed by atoms with Crippen molar-refractivity contribution in [1.82, 2.24) is 15.0 Å². The minimum Gasteiger partial charge on any atom is -0.423 e. The lowest BCUT2D eigenvalue weighted by atomic mass is 9.83. The van der Waals surface area contributed by atoms with Crippen molar-refractivity contribution < 1.29 is 9.47 Å². The molecule has 0 spiro atoms. The molecule has 7 rings (SSSR count). The van der Waals surface area contributed by atoms with Crippen molar-refractivity contribution in [2.75, 3.05) is 0 Å². The van der Waals surface area contributed by atoms with Gasteiger partial charge in [0.25, 0.3) is 0 Å². The summed E-state index contributed by atoms with van der Waals surface area (Å²) in [4.78, 5) is 17.7. The van der Waals surface area contributed by atoms with E-state index in [4.69, 9.17) is 14.5 Å². The molecule has 2 fully saturated rings. The van der Waals surface area contributed by atoms with Crippen molar-refractivity contribution >= 4 is 11.5 Å². The predicted molar refractivity (Wildman–Crippen MR) is 184 cm³/mol. The Hall–Kier alpha value is -4.96. The molecule has 0 bridgehead atoms. The van der Waals surface area contributed by atoms with Gasteiger partial charge in [0.1, 0.15) is 11.6 Å². The molecule has 2 saturated carbocycles. The molecule has 4 heterocycles. The molecular formula is C40H41N5O2. The largest absolute Gasteiger partial charge is 0.423 e. The Kier molecular flexibility index (Phi) is 8.51. The Balaban J connectivity index is 1.47. The van der Waals surface area contributed by atoms with E-state index in [2.05, 4.69) is 72.1 Å². The fraction of sp³-hybridized carbons (Fsp3) is 0.350. The minimum atomic E-state index is 0.00899. The lowest BCUT2D eigenvalue weighted by Gasteiger charge is -2.22. The number of aromatic nitrogens is 3. The molecule has 0 unspecified atom stereocenters. The molecule has 7 nitrogen and oxygen atoms in total. The molecule has 0 amide bonds. The summed E-state index contributed by atoms with van der Waals surface area (Å²) in [5, 5.41) is 10.7. The Labute approximate surface area is 277 Å². The van der Waals surface area contributed by atoms with E-state index in [9.17, 15) is 5.26 Å². The van der Waals surface area contributed by atoms with E-state index in [-0.39, 0.29) is 11.3 Å². The molecule has 7 heteroatoms. The highest BCUT2D eigenvalue weighted by atomic mass is 16.5. The molecule has 0 radical (unpaired) electrons. The zero-order chi connectivity index (χ0) is 32.4. The summed E-state index contributed by atoms with van der Waals surface area (Å²) in [6, 6.07) is 24.7. The van der Waals surface area contributed by atoms with Gasteiger partial charge in [0, 0.05) is 41.7 Å². The number of nitrogens with one attached hydrogen (secondary N) is 1. The van der Waals surface area contributed by atoms with Crippen molar-refractivity contribution in [1.29, 1.82) is 5.26 Å². The van der Waals surface area contributed by atoms with Crippen LogP contribution in [-0.4, -0.2) is 20.8 Å². The smallest absolute Gasteiger partial charge is 0.240 e. The zero-order valence-electron chi connectivity index (χ0n) is 27.4. The number of aliphatic imine (C=N–C) groups is 1. The fourth-order valence-corrected chi connectivity index (χ4v) is 7.26. The number of pyridine rings is 2. The number of rotatable bonds is 7. The number of nitriles is 1. The summed E-state index contributed by atoms with van der Waals surface area (Å²) < 4.78 is 12.6. The van der Waals surface area contributed by atoms with Crippen LogP contribution >= 0.6 is 0 Å². The van der Waals surface area contributed by atoms with Gasteiger partial charge in [-0.25, -0.2) is 15.0 Å². The molecule has 4 aromatic rings. The number of allylic oxidation sites excluding steroid dienone is 1. The number of H-pyrrole nitrogens is 1. The van der Waals surface area contributed by atoms with Crippen LogP contribution in [0.1, 0.15) is 100 Å². The maximum atomic E-state index is 10.7. The van der Waals surface area contributed by atoms with E-state index >= 15 is 0 Å². The normalized spacial score (nSPS) is 18.4. The van der Waals surface area contributed by atoms with Crippen LogP contribution in [0.5, 0.6) is 17.6 Å². The van der Waals surface area contributed by atoms with Gasteiger partial charge in [-0.3, -0.25) is 0 Å². The molecule has 3 aliphatic rings. The summed E-state index contributed by atoms with van der Waals surface area (Å²) in [6.07, 6.45) is 12.3. The first-order valence-corrected chi connectivity index (χ1v) is 16.9. The van der Waals surface area contributed by atoms with Crippen LogP contribution in [0.15, 0.2) is 101 Å². The first-order chi connectivity index (χ1) is 22.9. The monoisotopic (exact) mass is 623 g/mol. The second-order valence-electron chi connectivity index (χ2n) is 13.8. The summed E-state index contributed by atoms with van der Waals surface area (Å²) in [6.45, 7) is 6.69. The highest BCUT2D eigenvalue weighted by Gasteiger charge is 2.37. The van der Waals surface area contributed by atoms with E-state index in [0.29, 0.717) is 35.0 Å². The number of nitrogens with zero attached hydrogens (tertiary/aromatic N) is 4. The average molecular weight is 624 g/mol. The van der Waals surface area contributed by atoms with Crippen LogP contribution in [0.4, 0.5) is 0 Å². The van der Waals surface area contributed by atoms with Gasteiger partial charge >= 0.3 is 0 Å². The minimum absolute atomic E-state index is 0.00899. The van der Waals surface area contributed by atoms with Gasteiger partial charge in [-0.15, -0.1) is 0 Å². The quantitative estimate of drug-likeness (QED) is 0.221. The van der Waals surface area contributed by atoms with Gasteiger partial charge in [0.05, 0.1) is 11.4 Å². The van der Waals surface area contributed by atoms with Crippen molar-refractivity contribution in [2.24, 2.45) is 10.9 Å². The van der Waals surface area contributed by atoms with Crippen LogP contribution in [-0.2, 0) is 5.41 Å². The van der Waals surface area contributed by atoms with Crippen molar-refractivity contribution in [2.45, 2.75) is 83.5 Å². The Morgan fingerprint density at radius 1 is 0.809 bits per heavy atom. The lowest BCUT2D eigenvalue weighted by molar-refractivity contribution is 0.447. The zero-order valence-corrected chi connectivity index (χ0v) is 27.4. The summed E-state index contributed by atoms with van der Waals surface area (Å²) in [7, 11) is 0. The first-order valence-electron chi connectivity index (χ1n) is 16.9. The van der Waals surface area contributed by atoms with E-state index < -0.39 is 0 Å². The Morgan fingerprint density at radius 2 is 1.43 bits per heavy atom. The van der Waals surface area contributed by atoms with Gasteiger partial charge in [-0.2, -0.15) is 5.26 Å². The lowest BCUT2D eigenvalue weighted by Crippen LogP contribution is -2.11. The van der Waals surface area contributed by atoms with E-state index in [1.807, 2.05) is 30.3 Å². The van der Waals surface area contributed by atoms with Gasteiger partial charge < -0.3 is 14.5 Å². The molecule has 1 aliphatic heterocycles. The summed E-state index contributed by atoms with van der Waals surface area (Å²) in [5.41, 5.74) is 7.75. The molecule has 2 aliphatic carbocycles. The maximum Gasteiger partial charge on any atom is 0.240 e. The highest BCUT2D eigenvalue weighted by Crippen LogP contribution is 2.48. The molecule has 1 N–H and O–H groups in total. The molecule has 0 saturated heterocycles. The number of hydrogen-bond acceptors (Lipinski definition) is 6. The summed E-state index contributed by atoms with van der Waals surface area (Å²) >= 11 is 0. The van der Waals surface area contributed by atoms with Crippen LogP contribution in [0, 0.1) is 17.2 Å². The molecule has 3 aromatic heterocycles.